The fourth-order valence-electron chi connectivity index (χ4n) is 2.85. The van der Waals surface area contributed by atoms with E-state index in [1.54, 1.807) is 18.6 Å². The van der Waals surface area contributed by atoms with Crippen molar-refractivity contribution in [3.05, 3.63) is 66.2 Å². The molecule has 3 N–H and O–H groups in total. The molecule has 0 aliphatic rings. The number of hydrogen-bond donors (Lipinski definition) is 2. The van der Waals surface area contributed by atoms with Crippen molar-refractivity contribution in [3.8, 4) is 16.9 Å². The number of amides is 1. The van der Waals surface area contributed by atoms with Gasteiger partial charge < -0.3 is 15.6 Å². The van der Waals surface area contributed by atoms with E-state index < -0.39 is 5.91 Å². The monoisotopic (exact) mass is 378 g/mol. The zero-order chi connectivity index (χ0) is 18.8. The Kier molecular flexibility index (Phi) is 4.43. The first-order valence-electron chi connectivity index (χ1n) is 8.18. The van der Waals surface area contributed by atoms with Gasteiger partial charge in [0.15, 0.2) is 0 Å². The molecule has 0 radical (unpaired) electrons. The van der Waals surface area contributed by atoms with E-state index >= 15 is 0 Å². The lowest BCUT2D eigenvalue weighted by atomic mass is 10.2. The summed E-state index contributed by atoms with van der Waals surface area (Å²) in [7, 11) is 0. The van der Waals surface area contributed by atoms with Crippen LogP contribution in [0.3, 0.4) is 0 Å². The minimum Gasteiger partial charge on any atom is -0.368 e. The van der Waals surface area contributed by atoms with Crippen LogP contribution in [0, 0.1) is 0 Å². The average molecular weight is 379 g/mol. The summed E-state index contributed by atoms with van der Waals surface area (Å²) in [5.74, 6) is -0.133. The van der Waals surface area contributed by atoms with Gasteiger partial charge in [0, 0.05) is 40.3 Å². The number of primary amides is 1. The Bertz CT molecular complexity index is 1110. The second-order valence-electron chi connectivity index (χ2n) is 5.89. The maximum absolute atomic E-state index is 10.9. The Hall–Kier alpha value is -3.45. The van der Waals surface area contributed by atoms with E-state index in [1.165, 1.54) is 0 Å². The molecule has 0 saturated heterocycles. The molecule has 134 valence electrons. The smallest absolute Gasteiger partial charge is 0.236 e. The van der Waals surface area contributed by atoms with Gasteiger partial charge in [-0.2, -0.15) is 0 Å². The van der Waals surface area contributed by atoms with Crippen LogP contribution in [0.1, 0.15) is 0 Å². The van der Waals surface area contributed by atoms with Gasteiger partial charge in [-0.25, -0.2) is 9.97 Å². The van der Waals surface area contributed by atoms with E-state index in [1.807, 2.05) is 36.5 Å². The number of nitrogens with two attached hydrogens (primary N) is 1. The van der Waals surface area contributed by atoms with Crippen molar-refractivity contribution >= 4 is 34.4 Å². The number of fused-ring (bicyclic) bond motifs is 1. The summed E-state index contributed by atoms with van der Waals surface area (Å²) in [5, 5.41) is 4.49. The quantitative estimate of drug-likeness (QED) is 0.556. The van der Waals surface area contributed by atoms with Crippen LogP contribution < -0.4 is 11.1 Å². The molecule has 0 unspecified atom stereocenters. The van der Waals surface area contributed by atoms with Crippen molar-refractivity contribution in [3.63, 3.8) is 0 Å². The lowest BCUT2D eigenvalue weighted by Crippen LogP contribution is -2.22. The number of pyridine rings is 1. The summed E-state index contributed by atoms with van der Waals surface area (Å²) in [5.41, 5.74) is 8.78. The molecule has 3 heterocycles. The van der Waals surface area contributed by atoms with Gasteiger partial charge in [0.25, 0.3) is 0 Å². The van der Waals surface area contributed by atoms with Gasteiger partial charge in [-0.3, -0.25) is 9.78 Å². The van der Waals surface area contributed by atoms with Gasteiger partial charge in [0.05, 0.1) is 24.0 Å². The number of anilines is 1. The van der Waals surface area contributed by atoms with Gasteiger partial charge in [0.2, 0.25) is 11.9 Å². The first-order valence-corrected chi connectivity index (χ1v) is 8.55. The third kappa shape index (κ3) is 3.45. The molecular weight excluding hydrogens is 364 g/mol. The third-order valence-electron chi connectivity index (χ3n) is 4.06. The molecule has 8 heteroatoms. The van der Waals surface area contributed by atoms with Crippen molar-refractivity contribution in [1.82, 2.24) is 19.5 Å². The molecule has 7 nitrogen and oxygen atoms in total. The van der Waals surface area contributed by atoms with Crippen LogP contribution in [0.15, 0.2) is 61.2 Å². The molecule has 0 saturated carbocycles. The molecule has 0 atom stereocenters. The number of rotatable bonds is 5. The molecule has 0 aliphatic heterocycles. The van der Waals surface area contributed by atoms with E-state index in [4.69, 9.17) is 17.3 Å². The Morgan fingerprint density at radius 3 is 2.56 bits per heavy atom. The zero-order valence-electron chi connectivity index (χ0n) is 14.1. The summed E-state index contributed by atoms with van der Waals surface area (Å²) in [4.78, 5) is 23.7. The second kappa shape index (κ2) is 7.05. The molecule has 1 aromatic carbocycles. The molecule has 1 amide bonds. The topological polar surface area (TPSA) is 98.7 Å². The Labute approximate surface area is 159 Å². The van der Waals surface area contributed by atoms with Crippen molar-refractivity contribution in [2.24, 2.45) is 5.73 Å². The minimum atomic E-state index is -0.474. The van der Waals surface area contributed by atoms with Crippen LogP contribution in [0.2, 0.25) is 5.02 Å². The van der Waals surface area contributed by atoms with Crippen molar-refractivity contribution in [1.29, 1.82) is 0 Å². The summed E-state index contributed by atoms with van der Waals surface area (Å²) in [6, 6.07) is 11.6. The van der Waals surface area contributed by atoms with E-state index in [0.717, 1.165) is 27.8 Å². The largest absolute Gasteiger partial charge is 0.368 e. The molecule has 27 heavy (non-hydrogen) atoms. The number of carbonyl (C=O) groups is 1. The Balaban J connectivity index is 1.80. The van der Waals surface area contributed by atoms with Gasteiger partial charge in [0.1, 0.15) is 0 Å². The Morgan fingerprint density at radius 2 is 1.85 bits per heavy atom. The highest BCUT2D eigenvalue weighted by molar-refractivity contribution is 6.30. The number of hydrogen-bond acceptors (Lipinski definition) is 5. The lowest BCUT2D eigenvalue weighted by molar-refractivity contribution is -0.116. The first-order chi connectivity index (χ1) is 13.1. The van der Waals surface area contributed by atoms with E-state index in [-0.39, 0.29) is 6.54 Å². The van der Waals surface area contributed by atoms with E-state index in [2.05, 4.69) is 30.9 Å². The van der Waals surface area contributed by atoms with Crippen molar-refractivity contribution in [2.45, 2.75) is 0 Å². The van der Waals surface area contributed by atoms with E-state index in [0.29, 0.717) is 11.0 Å². The molecule has 4 aromatic rings. The van der Waals surface area contributed by atoms with Crippen molar-refractivity contribution < 1.29 is 4.79 Å². The molecule has 4 rings (SSSR count). The van der Waals surface area contributed by atoms with E-state index in [9.17, 15) is 4.79 Å². The molecule has 0 bridgehead atoms. The van der Waals surface area contributed by atoms with Gasteiger partial charge in [-0.05, 0) is 36.4 Å². The van der Waals surface area contributed by atoms with Crippen molar-refractivity contribution in [2.75, 3.05) is 11.9 Å². The number of nitrogens with one attached hydrogen (secondary N) is 1. The fourth-order valence-corrected chi connectivity index (χ4v) is 2.97. The van der Waals surface area contributed by atoms with Gasteiger partial charge in [-0.1, -0.05) is 11.6 Å². The van der Waals surface area contributed by atoms with Crippen LogP contribution >= 0.6 is 11.6 Å². The summed E-state index contributed by atoms with van der Waals surface area (Å²) in [6.07, 6.45) is 6.97. The Morgan fingerprint density at radius 1 is 1.11 bits per heavy atom. The highest BCUT2D eigenvalue weighted by Crippen LogP contribution is 2.31. The molecule has 0 spiro atoms. The predicted octanol–water partition coefficient (Wildman–Crippen LogP) is 3.03. The summed E-state index contributed by atoms with van der Waals surface area (Å²) >= 11 is 6.04. The number of benzene rings is 1. The number of aromatic nitrogens is 4. The second-order valence-corrected chi connectivity index (χ2v) is 6.33. The van der Waals surface area contributed by atoms with Crippen LogP contribution in [-0.2, 0) is 4.79 Å². The zero-order valence-corrected chi connectivity index (χ0v) is 14.9. The van der Waals surface area contributed by atoms with Crippen LogP contribution in [0.25, 0.3) is 27.8 Å². The normalized spacial score (nSPS) is 10.9. The number of carbonyl (C=O) groups excluding carboxylic acids is 1. The maximum Gasteiger partial charge on any atom is 0.236 e. The third-order valence-corrected chi connectivity index (χ3v) is 4.31. The van der Waals surface area contributed by atoms with Gasteiger partial charge >= 0.3 is 0 Å². The van der Waals surface area contributed by atoms with Crippen LogP contribution in [0.4, 0.5) is 5.95 Å². The molecule has 3 aromatic heterocycles. The predicted molar refractivity (Wildman–Crippen MR) is 105 cm³/mol. The fraction of sp³-hybridized carbons (Fsp3) is 0.0526. The first kappa shape index (κ1) is 17.0. The number of halogens is 1. The minimum absolute atomic E-state index is 0.0178. The maximum atomic E-state index is 10.9. The highest BCUT2D eigenvalue weighted by atomic mass is 35.5. The number of nitrogens with zero attached hydrogens (tertiary/aromatic N) is 4. The average Bonchev–Trinajstić information content (AvgIpc) is 3.07. The standard InChI is InChI=1S/C19H15ClN6O/c20-14-1-3-15(4-2-14)26-16(7-12-5-6-22-10-17(12)26)13-8-23-19(24-9-13)25-11-18(21)27/h1-10H,11H2,(H2,21,27)(H,23,24,25). The van der Waals surface area contributed by atoms with Crippen LogP contribution in [-0.4, -0.2) is 32.0 Å². The van der Waals surface area contributed by atoms with Crippen LogP contribution in [0.5, 0.6) is 0 Å². The van der Waals surface area contributed by atoms with Gasteiger partial charge in [-0.15, -0.1) is 0 Å². The molecular formula is C19H15ClN6O. The SMILES string of the molecule is NC(=O)CNc1ncc(-c2cc3ccncc3n2-c2ccc(Cl)cc2)cn1. The molecule has 0 fully saturated rings. The lowest BCUT2D eigenvalue weighted by Gasteiger charge is -2.11. The molecule has 0 aliphatic carbocycles. The highest BCUT2D eigenvalue weighted by Gasteiger charge is 2.13. The summed E-state index contributed by atoms with van der Waals surface area (Å²) < 4.78 is 2.08. The summed E-state index contributed by atoms with van der Waals surface area (Å²) in [6.45, 7) is -0.0178.